The van der Waals surface area contributed by atoms with Crippen LogP contribution in [-0.2, 0) is 19.6 Å². The SMILES string of the molecule is CCn1ncnc1Cn1cc(CNC)c2ccc(Cl)cc21. The van der Waals surface area contributed by atoms with Gasteiger partial charge in [0.2, 0.25) is 0 Å². The maximum Gasteiger partial charge on any atom is 0.146 e. The smallest absolute Gasteiger partial charge is 0.146 e. The molecule has 0 radical (unpaired) electrons. The van der Waals surface area contributed by atoms with Crippen LogP contribution in [0.25, 0.3) is 10.9 Å². The number of nitrogens with zero attached hydrogens (tertiary/aromatic N) is 4. The maximum absolute atomic E-state index is 6.16. The highest BCUT2D eigenvalue weighted by Crippen LogP contribution is 2.25. The van der Waals surface area contributed by atoms with Crippen LogP contribution < -0.4 is 5.32 Å². The van der Waals surface area contributed by atoms with E-state index in [9.17, 15) is 0 Å². The highest BCUT2D eigenvalue weighted by atomic mass is 35.5. The lowest BCUT2D eigenvalue weighted by molar-refractivity contribution is 0.596. The first kappa shape index (κ1) is 14.1. The summed E-state index contributed by atoms with van der Waals surface area (Å²) in [5.74, 6) is 0.949. The summed E-state index contributed by atoms with van der Waals surface area (Å²) in [4.78, 5) is 4.35. The Bertz CT molecular complexity index is 759. The summed E-state index contributed by atoms with van der Waals surface area (Å²) in [5.41, 5.74) is 2.38. The van der Waals surface area contributed by atoms with E-state index in [-0.39, 0.29) is 0 Å². The summed E-state index contributed by atoms with van der Waals surface area (Å²) >= 11 is 6.16. The molecule has 0 aliphatic carbocycles. The fourth-order valence-electron chi connectivity index (χ4n) is 2.63. The average Bonchev–Trinajstić information content (AvgIpc) is 3.05. The van der Waals surface area contributed by atoms with Gasteiger partial charge in [0.15, 0.2) is 0 Å². The van der Waals surface area contributed by atoms with Crippen LogP contribution in [0.4, 0.5) is 0 Å². The highest BCUT2D eigenvalue weighted by Gasteiger charge is 2.11. The van der Waals surface area contributed by atoms with Crippen molar-refractivity contribution in [3.05, 3.63) is 47.1 Å². The zero-order valence-electron chi connectivity index (χ0n) is 12.2. The molecule has 2 heterocycles. The van der Waals surface area contributed by atoms with Crippen molar-refractivity contribution < 1.29 is 0 Å². The molecule has 0 unspecified atom stereocenters. The minimum absolute atomic E-state index is 0.689. The van der Waals surface area contributed by atoms with Crippen molar-refractivity contribution >= 4 is 22.5 Å². The molecule has 3 aromatic rings. The molecule has 0 fully saturated rings. The Morgan fingerprint density at radius 3 is 2.95 bits per heavy atom. The van der Waals surface area contributed by atoms with Gasteiger partial charge in [-0.15, -0.1) is 0 Å². The quantitative estimate of drug-likeness (QED) is 0.788. The third-order valence-corrected chi connectivity index (χ3v) is 3.84. The normalized spacial score (nSPS) is 11.4. The van der Waals surface area contributed by atoms with E-state index in [1.54, 1.807) is 6.33 Å². The molecule has 6 heteroatoms. The van der Waals surface area contributed by atoms with E-state index >= 15 is 0 Å². The summed E-state index contributed by atoms with van der Waals surface area (Å²) in [6, 6.07) is 6.01. The van der Waals surface area contributed by atoms with Crippen molar-refractivity contribution in [1.82, 2.24) is 24.6 Å². The van der Waals surface area contributed by atoms with E-state index in [0.717, 1.165) is 29.5 Å². The minimum Gasteiger partial charge on any atom is -0.339 e. The molecule has 21 heavy (non-hydrogen) atoms. The molecule has 0 aliphatic heterocycles. The first-order valence-electron chi connectivity index (χ1n) is 7.01. The summed E-state index contributed by atoms with van der Waals surface area (Å²) in [6.07, 6.45) is 3.76. The Hall–Kier alpha value is -1.85. The third kappa shape index (κ3) is 2.66. The van der Waals surface area contributed by atoms with E-state index in [4.69, 9.17) is 11.6 Å². The van der Waals surface area contributed by atoms with E-state index in [1.165, 1.54) is 10.9 Å². The molecule has 0 saturated heterocycles. The molecule has 2 aromatic heterocycles. The van der Waals surface area contributed by atoms with Gasteiger partial charge in [0, 0.05) is 29.7 Å². The predicted octanol–water partition coefficient (Wildman–Crippen LogP) is 2.67. The van der Waals surface area contributed by atoms with Crippen LogP contribution >= 0.6 is 11.6 Å². The molecular formula is C15H18ClN5. The van der Waals surface area contributed by atoms with Gasteiger partial charge in [-0.2, -0.15) is 5.10 Å². The lowest BCUT2D eigenvalue weighted by Crippen LogP contribution is -2.08. The Kier molecular flexibility index (Phi) is 3.94. The second-order valence-electron chi connectivity index (χ2n) is 4.97. The lowest BCUT2D eigenvalue weighted by atomic mass is 10.2. The topological polar surface area (TPSA) is 47.7 Å². The number of hydrogen-bond acceptors (Lipinski definition) is 3. The third-order valence-electron chi connectivity index (χ3n) is 3.60. The molecule has 3 rings (SSSR count). The van der Waals surface area contributed by atoms with Gasteiger partial charge in [0.1, 0.15) is 12.2 Å². The molecule has 0 saturated carbocycles. The van der Waals surface area contributed by atoms with Crippen LogP contribution in [0.1, 0.15) is 18.3 Å². The molecule has 0 atom stereocenters. The van der Waals surface area contributed by atoms with Crippen molar-refractivity contribution in [2.24, 2.45) is 0 Å². The highest BCUT2D eigenvalue weighted by molar-refractivity contribution is 6.31. The van der Waals surface area contributed by atoms with Crippen LogP contribution in [0.2, 0.25) is 5.02 Å². The van der Waals surface area contributed by atoms with Gasteiger partial charge in [-0.1, -0.05) is 17.7 Å². The van der Waals surface area contributed by atoms with Crippen LogP contribution in [0.3, 0.4) is 0 Å². The summed E-state index contributed by atoms with van der Waals surface area (Å²) < 4.78 is 4.10. The van der Waals surface area contributed by atoms with Gasteiger partial charge in [0.05, 0.1) is 12.1 Å². The average molecular weight is 304 g/mol. The van der Waals surface area contributed by atoms with Gasteiger partial charge in [-0.25, -0.2) is 9.67 Å². The van der Waals surface area contributed by atoms with Gasteiger partial charge >= 0.3 is 0 Å². The Morgan fingerprint density at radius 2 is 2.19 bits per heavy atom. The number of fused-ring (bicyclic) bond motifs is 1. The Morgan fingerprint density at radius 1 is 1.33 bits per heavy atom. The molecule has 1 aromatic carbocycles. The molecular weight excluding hydrogens is 286 g/mol. The number of hydrogen-bond donors (Lipinski definition) is 1. The number of aromatic nitrogens is 4. The lowest BCUT2D eigenvalue weighted by Gasteiger charge is -2.06. The second kappa shape index (κ2) is 5.87. The van der Waals surface area contributed by atoms with Crippen molar-refractivity contribution in [1.29, 1.82) is 0 Å². The van der Waals surface area contributed by atoms with Gasteiger partial charge < -0.3 is 9.88 Å². The molecule has 0 spiro atoms. The molecule has 0 aliphatic rings. The Balaban J connectivity index is 2.07. The van der Waals surface area contributed by atoms with Gasteiger partial charge in [0.25, 0.3) is 0 Å². The monoisotopic (exact) mass is 303 g/mol. The number of rotatable bonds is 5. The molecule has 5 nitrogen and oxygen atoms in total. The Labute approximate surface area is 128 Å². The van der Waals surface area contributed by atoms with Crippen LogP contribution in [-0.4, -0.2) is 26.4 Å². The summed E-state index contributed by atoms with van der Waals surface area (Å²) in [5, 5.41) is 9.40. The first-order valence-corrected chi connectivity index (χ1v) is 7.39. The molecule has 0 amide bonds. The second-order valence-corrected chi connectivity index (χ2v) is 5.40. The fourth-order valence-corrected chi connectivity index (χ4v) is 2.80. The number of nitrogens with one attached hydrogen (secondary N) is 1. The van der Waals surface area contributed by atoms with Gasteiger partial charge in [-0.3, -0.25) is 0 Å². The van der Waals surface area contributed by atoms with Crippen LogP contribution in [0, 0.1) is 0 Å². The van der Waals surface area contributed by atoms with E-state index in [2.05, 4.69) is 39.2 Å². The van der Waals surface area contributed by atoms with Crippen molar-refractivity contribution in [2.45, 2.75) is 26.6 Å². The predicted molar refractivity (Wildman–Crippen MR) is 84.5 cm³/mol. The van der Waals surface area contributed by atoms with Gasteiger partial charge in [-0.05, 0) is 31.7 Å². The largest absolute Gasteiger partial charge is 0.339 e. The van der Waals surface area contributed by atoms with Crippen molar-refractivity contribution in [2.75, 3.05) is 7.05 Å². The number of halogens is 1. The van der Waals surface area contributed by atoms with Crippen LogP contribution in [0.5, 0.6) is 0 Å². The number of aryl methyl sites for hydroxylation is 1. The zero-order chi connectivity index (χ0) is 14.8. The van der Waals surface area contributed by atoms with Crippen LogP contribution in [0.15, 0.2) is 30.7 Å². The summed E-state index contributed by atoms with van der Waals surface area (Å²) in [7, 11) is 1.95. The zero-order valence-corrected chi connectivity index (χ0v) is 12.9. The maximum atomic E-state index is 6.16. The van der Waals surface area contributed by atoms with E-state index in [0.29, 0.717) is 6.54 Å². The van der Waals surface area contributed by atoms with Crippen molar-refractivity contribution in [3.63, 3.8) is 0 Å². The minimum atomic E-state index is 0.689. The van der Waals surface area contributed by atoms with Crippen molar-refractivity contribution in [3.8, 4) is 0 Å². The number of benzene rings is 1. The summed E-state index contributed by atoms with van der Waals surface area (Å²) in [6.45, 7) is 4.40. The van der Waals surface area contributed by atoms with E-state index < -0.39 is 0 Å². The molecule has 110 valence electrons. The standard InChI is InChI=1S/C15H18ClN5/c1-3-21-15(18-10-19-21)9-20-8-11(7-17-2)13-5-4-12(16)6-14(13)20/h4-6,8,10,17H,3,7,9H2,1-2H3. The fraction of sp³-hybridized carbons (Fsp3) is 0.333. The van der Waals surface area contributed by atoms with E-state index in [1.807, 2.05) is 23.9 Å². The molecule has 1 N–H and O–H groups in total. The first-order chi connectivity index (χ1) is 10.2. The molecule has 0 bridgehead atoms.